The molecular formula is C68H68O20. The van der Waals surface area contributed by atoms with Crippen LogP contribution < -0.4 is 37.9 Å². The van der Waals surface area contributed by atoms with Gasteiger partial charge in [0.25, 0.3) is 0 Å². The van der Waals surface area contributed by atoms with Crippen LogP contribution in [0.15, 0.2) is 184 Å². The molecular weight excluding hydrogens is 1140 g/mol. The number of hydrogen-bond acceptors (Lipinski definition) is 20. The smallest absolute Gasteiger partial charge is 0.343 e. The first-order chi connectivity index (χ1) is 42.6. The number of carbonyl (C=O) groups excluding carboxylic acids is 8. The van der Waals surface area contributed by atoms with Crippen LogP contribution in [-0.2, 0) is 38.1 Å². The second kappa shape index (κ2) is 37.5. The molecule has 460 valence electrons. The third kappa shape index (κ3) is 24.8. The third-order valence-electron chi connectivity index (χ3n) is 11.9. The van der Waals surface area contributed by atoms with Gasteiger partial charge < -0.3 is 56.8 Å². The predicted molar refractivity (Wildman–Crippen MR) is 322 cm³/mol. The molecule has 6 rings (SSSR count). The Balaban J connectivity index is 0.000000321. The molecule has 0 aliphatic rings. The second-order valence-corrected chi connectivity index (χ2v) is 18.5. The van der Waals surface area contributed by atoms with Gasteiger partial charge in [-0.1, -0.05) is 26.3 Å². The van der Waals surface area contributed by atoms with Gasteiger partial charge in [0, 0.05) is 37.1 Å². The minimum absolute atomic E-state index is 0.218. The normalized spacial score (nSPS) is 10.2. The lowest BCUT2D eigenvalue weighted by Crippen LogP contribution is -2.11. The van der Waals surface area contributed by atoms with Crippen molar-refractivity contribution < 1.29 is 95.2 Å². The highest BCUT2D eigenvalue weighted by atomic mass is 16.6. The van der Waals surface area contributed by atoms with E-state index in [1.807, 2.05) is 0 Å². The zero-order chi connectivity index (χ0) is 63.5. The molecule has 0 saturated carbocycles. The van der Waals surface area contributed by atoms with Crippen molar-refractivity contribution in [3.05, 3.63) is 217 Å². The lowest BCUT2D eigenvalue weighted by Gasteiger charge is -2.11. The van der Waals surface area contributed by atoms with Gasteiger partial charge in [-0.2, -0.15) is 0 Å². The number of unbranched alkanes of at least 4 members (excludes halogenated alkanes) is 2. The van der Waals surface area contributed by atoms with Gasteiger partial charge in [0.15, 0.2) is 0 Å². The Morgan fingerprint density at radius 1 is 0.295 bits per heavy atom. The van der Waals surface area contributed by atoms with Crippen LogP contribution in [-0.4, -0.2) is 101 Å². The van der Waals surface area contributed by atoms with Gasteiger partial charge in [-0.3, -0.25) is 0 Å². The Labute approximate surface area is 509 Å². The molecule has 88 heavy (non-hydrogen) atoms. The lowest BCUT2D eigenvalue weighted by molar-refractivity contribution is -0.138. The largest absolute Gasteiger partial charge is 0.494 e. The molecule has 0 unspecified atom stereocenters. The zero-order valence-electron chi connectivity index (χ0n) is 48.9. The summed E-state index contributed by atoms with van der Waals surface area (Å²) in [6.45, 7) is 19.4. The summed E-state index contributed by atoms with van der Waals surface area (Å²) in [7, 11) is 0. The van der Waals surface area contributed by atoms with E-state index in [2.05, 4.69) is 26.3 Å². The van der Waals surface area contributed by atoms with Crippen LogP contribution in [0.4, 0.5) is 0 Å². The molecule has 0 fully saturated rings. The van der Waals surface area contributed by atoms with Crippen molar-refractivity contribution in [3.63, 3.8) is 0 Å². The van der Waals surface area contributed by atoms with E-state index in [1.165, 1.54) is 6.07 Å². The minimum atomic E-state index is -0.563. The van der Waals surface area contributed by atoms with Crippen LogP contribution in [0, 0.1) is 13.8 Å². The van der Waals surface area contributed by atoms with Crippen molar-refractivity contribution in [1.82, 2.24) is 0 Å². The average Bonchev–Trinajstić information content (AvgIpc) is 3.74. The molecule has 0 amide bonds. The summed E-state index contributed by atoms with van der Waals surface area (Å²) in [5.74, 6) is -0.537. The fourth-order valence-electron chi connectivity index (χ4n) is 7.21. The molecule has 6 aromatic rings. The van der Waals surface area contributed by atoms with Crippen LogP contribution in [0.3, 0.4) is 0 Å². The second-order valence-electron chi connectivity index (χ2n) is 18.5. The van der Waals surface area contributed by atoms with Crippen molar-refractivity contribution >= 4 is 47.8 Å². The quantitative estimate of drug-likeness (QED) is 0.0120. The molecule has 0 saturated heterocycles. The Bertz CT molecular complexity index is 3330. The number of aryl methyl sites for hydroxylation is 2. The highest BCUT2D eigenvalue weighted by Gasteiger charge is 2.17. The lowest BCUT2D eigenvalue weighted by atomic mass is 10.2. The molecule has 0 N–H and O–H groups in total. The Hall–Kier alpha value is -10.8. The SMILES string of the molecule is C=CC(=O)OCCCCOc1ccc(C(=O)Oc2ccc(OC(=O)c3ccc(OCCCCOC(=O)C=C)cc3)c(C)c2)cc1.C=CC(=O)OCCCOc1ccc(C(=O)Oc2ccc(OC(=O)c3ccc(OCCCOC(=O)C=C)cc3)c(C)c2)cc1. The molecule has 0 atom stereocenters. The van der Waals surface area contributed by atoms with E-state index in [0.29, 0.717) is 152 Å². The van der Waals surface area contributed by atoms with Gasteiger partial charge in [0.1, 0.15) is 46.0 Å². The van der Waals surface area contributed by atoms with Crippen molar-refractivity contribution in [3.8, 4) is 46.0 Å². The van der Waals surface area contributed by atoms with Gasteiger partial charge in [-0.05, 0) is 184 Å². The van der Waals surface area contributed by atoms with E-state index in [1.54, 1.807) is 141 Å². The molecule has 0 aromatic heterocycles. The van der Waals surface area contributed by atoms with Gasteiger partial charge >= 0.3 is 47.8 Å². The monoisotopic (exact) mass is 1200 g/mol. The Morgan fingerprint density at radius 2 is 0.523 bits per heavy atom. The maximum atomic E-state index is 12.7. The summed E-state index contributed by atoms with van der Waals surface area (Å²) in [4.78, 5) is 94.6. The van der Waals surface area contributed by atoms with E-state index >= 15 is 0 Å². The first kappa shape index (κ1) is 68.0. The number of rotatable bonds is 34. The third-order valence-corrected chi connectivity index (χ3v) is 11.9. The van der Waals surface area contributed by atoms with Crippen molar-refractivity contribution in [2.75, 3.05) is 52.9 Å². The molecule has 20 heteroatoms. The molecule has 20 nitrogen and oxygen atoms in total. The van der Waals surface area contributed by atoms with E-state index < -0.39 is 47.8 Å². The van der Waals surface area contributed by atoms with Crippen LogP contribution in [0.2, 0.25) is 0 Å². The first-order valence-corrected chi connectivity index (χ1v) is 27.8. The number of hydrogen-bond donors (Lipinski definition) is 0. The van der Waals surface area contributed by atoms with E-state index in [0.717, 1.165) is 24.3 Å². The van der Waals surface area contributed by atoms with Crippen LogP contribution in [0.5, 0.6) is 46.0 Å². The van der Waals surface area contributed by atoms with E-state index in [4.69, 9.17) is 56.8 Å². The number of carbonyl (C=O) groups is 8. The molecule has 0 aliphatic heterocycles. The first-order valence-electron chi connectivity index (χ1n) is 27.8. The number of esters is 8. The summed E-state index contributed by atoms with van der Waals surface area (Å²) in [5.41, 5.74) is 2.53. The Kier molecular flexibility index (Phi) is 29.0. The van der Waals surface area contributed by atoms with Gasteiger partial charge in [-0.25, -0.2) is 38.4 Å². The maximum Gasteiger partial charge on any atom is 0.343 e. The zero-order valence-corrected chi connectivity index (χ0v) is 48.9. The molecule has 0 spiro atoms. The minimum Gasteiger partial charge on any atom is -0.494 e. The van der Waals surface area contributed by atoms with Crippen molar-refractivity contribution in [2.24, 2.45) is 0 Å². The maximum absolute atomic E-state index is 12.7. The summed E-state index contributed by atoms with van der Waals surface area (Å²) in [6, 6.07) is 35.4. The van der Waals surface area contributed by atoms with Crippen LogP contribution >= 0.6 is 0 Å². The highest BCUT2D eigenvalue weighted by molar-refractivity contribution is 5.93. The molecule has 6 aromatic carbocycles. The summed E-state index contributed by atoms with van der Waals surface area (Å²) in [5, 5.41) is 0. The fourth-order valence-corrected chi connectivity index (χ4v) is 7.21. The van der Waals surface area contributed by atoms with Gasteiger partial charge in [0.05, 0.1) is 75.1 Å². The predicted octanol–water partition coefficient (Wildman–Crippen LogP) is 11.6. The molecule has 0 aliphatic carbocycles. The highest BCUT2D eigenvalue weighted by Crippen LogP contribution is 2.28. The number of benzene rings is 6. The van der Waals surface area contributed by atoms with Crippen LogP contribution in [0.1, 0.15) is 91.1 Å². The summed E-state index contributed by atoms with van der Waals surface area (Å²) >= 11 is 0. The van der Waals surface area contributed by atoms with Gasteiger partial charge in [0.2, 0.25) is 0 Å². The van der Waals surface area contributed by atoms with Crippen molar-refractivity contribution in [1.29, 1.82) is 0 Å². The van der Waals surface area contributed by atoms with Gasteiger partial charge in [-0.15, -0.1) is 0 Å². The fraction of sp³-hybridized carbons (Fsp3) is 0.235. The van der Waals surface area contributed by atoms with E-state index in [9.17, 15) is 38.4 Å². The Morgan fingerprint density at radius 3 is 0.784 bits per heavy atom. The van der Waals surface area contributed by atoms with E-state index in [-0.39, 0.29) is 19.0 Å². The summed E-state index contributed by atoms with van der Waals surface area (Å²) in [6.07, 6.45) is 8.16. The standard InChI is InChI=1S/C35H36O10.C33H32O10/c1-4-32(36)42-22-8-6-20-40-28-14-10-26(11-15-28)34(38)44-30-18-19-31(25(3)24-30)45-35(39)27-12-16-29(17-13-27)41-21-7-9-23-43-33(37)5-2;1-4-30(34)40-20-6-18-38-26-12-8-24(9-13-26)32(36)42-28-16-17-29(23(3)22-28)43-33(37)25-10-14-27(15-11-25)39-19-7-21-41-31(35)5-2/h4-5,10-19,24H,1-2,6-9,20-23H2,3H3;4-5,8-17,22H,1-2,6-7,18-21H2,3H3. The molecule has 0 heterocycles. The molecule has 0 bridgehead atoms. The summed E-state index contributed by atoms with van der Waals surface area (Å²) < 4.78 is 64.1. The topological polar surface area (TPSA) is 247 Å². The number of ether oxygens (including phenoxy) is 12. The average molecular weight is 1210 g/mol. The molecule has 0 radical (unpaired) electrons. The van der Waals surface area contributed by atoms with Crippen molar-refractivity contribution in [2.45, 2.75) is 52.4 Å². The van der Waals surface area contributed by atoms with Crippen LogP contribution in [0.25, 0.3) is 0 Å².